The monoisotopic (exact) mass is 424 g/mol. The van der Waals surface area contributed by atoms with Crippen LogP contribution in [-0.4, -0.2) is 31.0 Å². The Balaban J connectivity index is 1.55. The molecule has 0 unspecified atom stereocenters. The van der Waals surface area contributed by atoms with Gasteiger partial charge >= 0.3 is 5.97 Å². The van der Waals surface area contributed by atoms with E-state index in [1.165, 1.54) is 5.56 Å². The van der Waals surface area contributed by atoms with E-state index in [-0.39, 0.29) is 24.7 Å². The van der Waals surface area contributed by atoms with Crippen LogP contribution in [0.4, 0.5) is 0 Å². The van der Waals surface area contributed by atoms with Gasteiger partial charge in [0.2, 0.25) is 5.91 Å². The lowest BCUT2D eigenvalue weighted by Gasteiger charge is -2.08. The quantitative estimate of drug-likeness (QED) is 0.236. The summed E-state index contributed by atoms with van der Waals surface area (Å²) in [6.07, 6.45) is 3.83. The average molecular weight is 424 g/mol. The normalized spacial score (nSPS) is 10.1. The molecule has 0 aromatic heterocycles. The molecule has 0 fully saturated rings. The Bertz CT molecular complexity index is 850. The van der Waals surface area contributed by atoms with Gasteiger partial charge in [-0.2, -0.15) is 0 Å². The Morgan fingerprint density at radius 1 is 0.903 bits per heavy atom. The van der Waals surface area contributed by atoms with Crippen molar-refractivity contribution in [2.45, 2.75) is 32.1 Å². The lowest BCUT2D eigenvalue weighted by atomic mass is 10.1. The van der Waals surface area contributed by atoms with Crippen LogP contribution in [0, 0.1) is 0 Å². The predicted molar refractivity (Wildman–Crippen MR) is 117 cm³/mol. The third-order valence-electron chi connectivity index (χ3n) is 4.30. The Labute approximate surface area is 182 Å². The second-order valence-corrected chi connectivity index (χ2v) is 6.79. The summed E-state index contributed by atoms with van der Waals surface area (Å²) in [4.78, 5) is 35.6. The number of hydrazine groups is 1. The van der Waals surface area contributed by atoms with Crippen LogP contribution >= 0.6 is 0 Å². The molecule has 0 saturated heterocycles. The predicted octanol–water partition coefficient (Wildman–Crippen LogP) is 3.36. The first-order chi connectivity index (χ1) is 15.1. The molecular formula is C24H28N2O5. The lowest BCUT2D eigenvalue weighted by molar-refractivity contribution is -0.143. The van der Waals surface area contributed by atoms with Gasteiger partial charge in [0.1, 0.15) is 12.4 Å². The molecule has 0 aliphatic rings. The first kappa shape index (κ1) is 23.7. The van der Waals surface area contributed by atoms with Crippen molar-refractivity contribution in [3.05, 3.63) is 78.4 Å². The summed E-state index contributed by atoms with van der Waals surface area (Å²) in [5.41, 5.74) is 6.27. The van der Waals surface area contributed by atoms with Gasteiger partial charge in [0.05, 0.1) is 6.61 Å². The molecule has 0 spiro atoms. The van der Waals surface area contributed by atoms with E-state index < -0.39 is 5.91 Å². The number of aryl methyl sites for hydroxylation is 1. The van der Waals surface area contributed by atoms with Gasteiger partial charge in [-0.25, -0.2) is 0 Å². The number of carbonyl (C=O) groups is 3. The molecule has 2 amide bonds. The van der Waals surface area contributed by atoms with Crippen molar-refractivity contribution in [3.8, 4) is 5.75 Å². The fourth-order valence-electron chi connectivity index (χ4n) is 2.69. The smallest absolute Gasteiger partial charge is 0.305 e. The summed E-state index contributed by atoms with van der Waals surface area (Å²) in [6.45, 7) is 4.30. The van der Waals surface area contributed by atoms with Crippen LogP contribution in [0.15, 0.2) is 67.3 Å². The number of nitrogens with one attached hydrogen (secondary N) is 2. The van der Waals surface area contributed by atoms with E-state index in [0.29, 0.717) is 30.9 Å². The van der Waals surface area contributed by atoms with Crippen LogP contribution in [0.3, 0.4) is 0 Å². The zero-order valence-electron chi connectivity index (χ0n) is 17.5. The highest BCUT2D eigenvalue weighted by atomic mass is 16.5. The van der Waals surface area contributed by atoms with Crippen molar-refractivity contribution >= 4 is 17.8 Å². The topological polar surface area (TPSA) is 93.7 Å². The molecule has 7 heteroatoms. The number of rotatable bonds is 12. The number of amides is 2. The van der Waals surface area contributed by atoms with Crippen LogP contribution in [-0.2, 0) is 20.7 Å². The summed E-state index contributed by atoms with van der Waals surface area (Å²) in [6, 6.07) is 16.5. The van der Waals surface area contributed by atoms with Crippen LogP contribution < -0.4 is 15.6 Å². The molecule has 7 nitrogen and oxygen atoms in total. The number of carbonyl (C=O) groups excluding carboxylic acids is 3. The Hall–Kier alpha value is -3.61. The van der Waals surface area contributed by atoms with Crippen LogP contribution in [0.25, 0.3) is 0 Å². The van der Waals surface area contributed by atoms with E-state index in [0.717, 1.165) is 12.8 Å². The Morgan fingerprint density at radius 2 is 1.65 bits per heavy atom. The molecule has 31 heavy (non-hydrogen) atoms. The largest absolute Gasteiger partial charge is 0.490 e. The van der Waals surface area contributed by atoms with Gasteiger partial charge in [-0.15, -0.1) is 0 Å². The van der Waals surface area contributed by atoms with Crippen LogP contribution in [0.2, 0.25) is 0 Å². The molecular weight excluding hydrogens is 396 g/mol. The van der Waals surface area contributed by atoms with Crippen molar-refractivity contribution in [1.82, 2.24) is 10.9 Å². The van der Waals surface area contributed by atoms with Crippen molar-refractivity contribution in [2.75, 3.05) is 13.2 Å². The van der Waals surface area contributed by atoms with Crippen molar-refractivity contribution in [3.63, 3.8) is 0 Å². The zero-order valence-corrected chi connectivity index (χ0v) is 17.5. The van der Waals surface area contributed by atoms with Crippen molar-refractivity contribution in [2.24, 2.45) is 0 Å². The van der Waals surface area contributed by atoms with E-state index >= 15 is 0 Å². The summed E-state index contributed by atoms with van der Waals surface area (Å²) >= 11 is 0. The fourth-order valence-corrected chi connectivity index (χ4v) is 2.69. The summed E-state index contributed by atoms with van der Waals surface area (Å²) in [5.74, 6) is -0.534. The number of ether oxygens (including phenoxy) is 2. The zero-order chi connectivity index (χ0) is 22.3. The SMILES string of the molecule is C=CCOc1ccc(C(=O)NNC(=O)CCCC(=O)OCCCc2ccccc2)cc1. The van der Waals surface area contributed by atoms with E-state index in [9.17, 15) is 14.4 Å². The maximum Gasteiger partial charge on any atom is 0.305 e. The van der Waals surface area contributed by atoms with Crippen LogP contribution in [0.1, 0.15) is 41.6 Å². The number of esters is 1. The van der Waals surface area contributed by atoms with E-state index in [4.69, 9.17) is 9.47 Å². The molecule has 164 valence electrons. The van der Waals surface area contributed by atoms with Gasteiger partial charge in [0.25, 0.3) is 5.91 Å². The molecule has 2 N–H and O–H groups in total. The molecule has 0 bridgehead atoms. The summed E-state index contributed by atoms with van der Waals surface area (Å²) in [5, 5.41) is 0. The minimum Gasteiger partial charge on any atom is -0.490 e. The van der Waals surface area contributed by atoms with E-state index in [1.54, 1.807) is 30.3 Å². The lowest BCUT2D eigenvalue weighted by Crippen LogP contribution is -2.41. The fraction of sp³-hybridized carbons (Fsp3) is 0.292. The first-order valence-corrected chi connectivity index (χ1v) is 10.2. The molecule has 0 atom stereocenters. The van der Waals surface area contributed by atoms with Gasteiger partial charge in [-0.1, -0.05) is 43.0 Å². The highest BCUT2D eigenvalue weighted by Gasteiger charge is 2.09. The number of hydrogen-bond donors (Lipinski definition) is 2. The minimum atomic E-state index is -0.443. The second kappa shape index (κ2) is 13.6. The molecule has 2 aromatic rings. The summed E-state index contributed by atoms with van der Waals surface area (Å²) < 4.78 is 10.5. The molecule has 2 aromatic carbocycles. The highest BCUT2D eigenvalue weighted by molar-refractivity contribution is 5.95. The third kappa shape index (κ3) is 9.62. The molecule has 2 rings (SSSR count). The Morgan fingerprint density at radius 3 is 2.35 bits per heavy atom. The second-order valence-electron chi connectivity index (χ2n) is 6.79. The van der Waals surface area contributed by atoms with Gasteiger partial charge in [0, 0.05) is 18.4 Å². The molecule has 0 heterocycles. The number of benzene rings is 2. The van der Waals surface area contributed by atoms with E-state index in [1.807, 2.05) is 30.3 Å². The standard InChI is InChI=1S/C24H28N2O5/c1-2-17-30-21-15-13-20(14-16-21)24(29)26-25-22(27)11-6-12-23(28)31-18-7-10-19-8-4-3-5-9-19/h2-5,8-9,13-16H,1,6-7,10-12,17-18H2,(H,25,27)(H,26,29). The average Bonchev–Trinajstić information content (AvgIpc) is 2.80. The third-order valence-corrected chi connectivity index (χ3v) is 4.30. The first-order valence-electron chi connectivity index (χ1n) is 10.2. The van der Waals surface area contributed by atoms with Gasteiger partial charge < -0.3 is 9.47 Å². The summed E-state index contributed by atoms with van der Waals surface area (Å²) in [7, 11) is 0. The highest BCUT2D eigenvalue weighted by Crippen LogP contribution is 2.12. The molecule has 0 aliphatic carbocycles. The van der Waals surface area contributed by atoms with Gasteiger partial charge in [-0.3, -0.25) is 25.2 Å². The van der Waals surface area contributed by atoms with Gasteiger partial charge in [0.15, 0.2) is 0 Å². The maximum absolute atomic E-state index is 12.0. The number of hydrogen-bond acceptors (Lipinski definition) is 5. The van der Waals surface area contributed by atoms with Crippen molar-refractivity contribution < 1.29 is 23.9 Å². The Kier molecular flexibility index (Phi) is 10.4. The minimum absolute atomic E-state index is 0.105. The van der Waals surface area contributed by atoms with E-state index in [2.05, 4.69) is 17.4 Å². The molecule has 0 radical (unpaired) electrons. The van der Waals surface area contributed by atoms with Crippen LogP contribution in [0.5, 0.6) is 5.75 Å². The molecule has 0 aliphatic heterocycles. The van der Waals surface area contributed by atoms with Crippen molar-refractivity contribution in [1.29, 1.82) is 0 Å². The van der Waals surface area contributed by atoms with Gasteiger partial charge in [-0.05, 0) is 49.1 Å². The molecule has 0 saturated carbocycles. The maximum atomic E-state index is 12.0.